The van der Waals surface area contributed by atoms with Crippen molar-refractivity contribution < 1.29 is 17.9 Å². The van der Waals surface area contributed by atoms with E-state index < -0.39 is 12.0 Å². The van der Waals surface area contributed by atoms with Crippen LogP contribution in [-0.2, 0) is 6.61 Å². The van der Waals surface area contributed by atoms with Crippen LogP contribution >= 0.6 is 22.7 Å². The second-order valence-electron chi connectivity index (χ2n) is 7.63. The van der Waals surface area contributed by atoms with Crippen molar-refractivity contribution in [2.75, 3.05) is 0 Å². The number of ether oxygens (including phenoxy) is 1. The number of imidazole rings is 1. The van der Waals surface area contributed by atoms with Gasteiger partial charge in [0.2, 0.25) is 4.96 Å². The quantitative estimate of drug-likeness (QED) is 0.248. The van der Waals surface area contributed by atoms with Crippen molar-refractivity contribution in [2.45, 2.75) is 19.7 Å². The van der Waals surface area contributed by atoms with E-state index in [0.717, 1.165) is 16.3 Å². The highest BCUT2D eigenvalue weighted by Gasteiger charge is 2.18. The predicted octanol–water partition coefficient (Wildman–Crippen LogP) is 7.08. The Morgan fingerprint density at radius 2 is 2.00 bits per heavy atom. The van der Waals surface area contributed by atoms with E-state index in [2.05, 4.69) is 15.1 Å². The highest BCUT2D eigenvalue weighted by atomic mass is 32.1. The van der Waals surface area contributed by atoms with E-state index in [0.29, 0.717) is 38.1 Å². The van der Waals surface area contributed by atoms with Gasteiger partial charge in [0, 0.05) is 23.1 Å². The topological polar surface area (TPSA) is 65.5 Å². The first-order valence-electron chi connectivity index (χ1n) is 10.4. The molecule has 0 unspecified atom stereocenters. The third-order valence-corrected chi connectivity index (χ3v) is 7.18. The summed E-state index contributed by atoms with van der Waals surface area (Å²) in [6, 6.07) is 14.3. The van der Waals surface area contributed by atoms with Gasteiger partial charge in [-0.15, -0.1) is 11.3 Å². The number of furan rings is 1. The molecule has 0 fully saturated rings. The van der Waals surface area contributed by atoms with Gasteiger partial charge in [0.15, 0.2) is 16.9 Å². The minimum atomic E-state index is -1.16. The molecule has 0 aliphatic carbocycles. The molecular formula is C24H16F2N4O2S2. The van der Waals surface area contributed by atoms with E-state index >= 15 is 0 Å². The van der Waals surface area contributed by atoms with Gasteiger partial charge in [0.05, 0.1) is 17.3 Å². The molecule has 0 aliphatic heterocycles. The third-order valence-electron chi connectivity index (χ3n) is 5.16. The lowest BCUT2D eigenvalue weighted by Crippen LogP contribution is -1.96. The van der Waals surface area contributed by atoms with Crippen molar-refractivity contribution in [3.63, 3.8) is 0 Å². The van der Waals surface area contributed by atoms with Gasteiger partial charge in [-0.2, -0.15) is 5.10 Å². The molecule has 2 aromatic carbocycles. The summed E-state index contributed by atoms with van der Waals surface area (Å²) < 4.78 is 41.1. The summed E-state index contributed by atoms with van der Waals surface area (Å²) in [5.74, 6) is 0.325. The minimum absolute atomic E-state index is 0.191. The molecule has 6 aromatic rings. The van der Waals surface area contributed by atoms with Crippen LogP contribution in [0.25, 0.3) is 38.0 Å². The van der Waals surface area contributed by atoms with Gasteiger partial charge in [-0.3, -0.25) is 0 Å². The Kier molecular flexibility index (Phi) is 5.11. The van der Waals surface area contributed by atoms with Gasteiger partial charge >= 0.3 is 0 Å². The summed E-state index contributed by atoms with van der Waals surface area (Å²) in [5, 5.41) is 8.00. The molecule has 0 spiro atoms. The normalized spacial score (nSPS) is 12.6. The highest BCUT2D eigenvalue weighted by molar-refractivity contribution is 7.16. The van der Waals surface area contributed by atoms with Gasteiger partial charge in [0.1, 0.15) is 34.5 Å². The summed E-state index contributed by atoms with van der Waals surface area (Å²) in [6.45, 7) is 1.62. The summed E-state index contributed by atoms with van der Waals surface area (Å²) in [7, 11) is 0. The average Bonchev–Trinajstić information content (AvgIpc) is 3.59. The number of nitrogens with zero attached hydrogens (tertiary/aromatic N) is 4. The van der Waals surface area contributed by atoms with Crippen molar-refractivity contribution in [2.24, 2.45) is 0 Å². The first-order chi connectivity index (χ1) is 16.5. The Hall–Kier alpha value is -3.63. The summed E-state index contributed by atoms with van der Waals surface area (Å²) in [5.41, 5.74) is 2.65. The third kappa shape index (κ3) is 3.84. The summed E-state index contributed by atoms with van der Waals surface area (Å²) >= 11 is 2.70. The number of thiazole rings is 1. The summed E-state index contributed by atoms with van der Waals surface area (Å²) in [6.07, 6.45) is 0.498. The Morgan fingerprint density at radius 3 is 2.79 bits per heavy atom. The number of fused-ring (bicyclic) bond motifs is 2. The predicted molar refractivity (Wildman–Crippen MR) is 127 cm³/mol. The van der Waals surface area contributed by atoms with Crippen molar-refractivity contribution in [3.05, 3.63) is 76.6 Å². The molecule has 4 aromatic heterocycles. The molecule has 0 saturated heterocycles. The second-order valence-corrected chi connectivity index (χ2v) is 9.48. The molecule has 4 heterocycles. The van der Waals surface area contributed by atoms with Gasteiger partial charge in [0.25, 0.3) is 0 Å². The molecule has 10 heteroatoms. The standard InChI is InChI=1S/C24H16F2N4O2S2/c1-13(25)22-29-30-10-18(28-24(30)34-22)21-9-17-19(7-15(26)8-20(17)32-21)31-11-16-12-33-23(27-16)14-5-3-2-4-6-14/h2-10,12-13H,11H2,1H3/t13-/m0/s1. The lowest BCUT2D eigenvalue weighted by atomic mass is 10.2. The zero-order valence-electron chi connectivity index (χ0n) is 17.7. The number of rotatable bonds is 6. The zero-order valence-corrected chi connectivity index (χ0v) is 19.4. The fourth-order valence-electron chi connectivity index (χ4n) is 3.55. The van der Waals surface area contributed by atoms with E-state index in [1.54, 1.807) is 12.3 Å². The number of halogens is 2. The van der Waals surface area contributed by atoms with Crippen molar-refractivity contribution >= 4 is 38.6 Å². The molecule has 0 N–H and O–H groups in total. The average molecular weight is 495 g/mol. The monoisotopic (exact) mass is 494 g/mol. The maximum absolute atomic E-state index is 14.3. The zero-order chi connectivity index (χ0) is 23.2. The van der Waals surface area contributed by atoms with Crippen LogP contribution in [0.1, 0.15) is 23.8 Å². The van der Waals surface area contributed by atoms with Gasteiger partial charge < -0.3 is 9.15 Å². The van der Waals surface area contributed by atoms with Crippen LogP contribution in [0.15, 0.2) is 64.5 Å². The van der Waals surface area contributed by atoms with Crippen LogP contribution in [0.2, 0.25) is 0 Å². The van der Waals surface area contributed by atoms with E-state index in [1.807, 2.05) is 35.7 Å². The molecule has 6 rings (SSSR count). The largest absolute Gasteiger partial charge is 0.486 e. The number of benzene rings is 2. The molecule has 0 saturated carbocycles. The number of hydrogen-bond acceptors (Lipinski definition) is 7. The Balaban J connectivity index is 1.28. The molecule has 170 valence electrons. The van der Waals surface area contributed by atoms with Crippen LogP contribution in [0, 0.1) is 5.82 Å². The Morgan fingerprint density at radius 1 is 1.15 bits per heavy atom. The van der Waals surface area contributed by atoms with Crippen LogP contribution in [0.4, 0.5) is 8.78 Å². The maximum Gasteiger partial charge on any atom is 0.212 e. The SMILES string of the molecule is C[C@H](F)c1nn2cc(-c3cc4c(OCc5csc(-c6ccccc6)n5)cc(F)cc4o3)nc2s1. The van der Waals surface area contributed by atoms with Gasteiger partial charge in [-0.25, -0.2) is 23.3 Å². The molecular weight excluding hydrogens is 478 g/mol. The van der Waals surface area contributed by atoms with E-state index in [9.17, 15) is 8.78 Å². The first-order valence-corrected chi connectivity index (χ1v) is 12.1. The van der Waals surface area contributed by atoms with Crippen molar-refractivity contribution in [1.29, 1.82) is 0 Å². The molecule has 0 bridgehead atoms. The Bertz CT molecular complexity index is 1590. The van der Waals surface area contributed by atoms with E-state index in [4.69, 9.17) is 9.15 Å². The fourth-order valence-corrected chi connectivity index (χ4v) is 5.17. The van der Waals surface area contributed by atoms with E-state index in [1.165, 1.54) is 46.2 Å². The molecule has 6 nitrogen and oxygen atoms in total. The fraction of sp³-hybridized carbons (Fsp3) is 0.125. The number of aromatic nitrogens is 4. The Labute approximate surface area is 200 Å². The van der Waals surface area contributed by atoms with Gasteiger partial charge in [-0.1, -0.05) is 41.7 Å². The lowest BCUT2D eigenvalue weighted by Gasteiger charge is -2.05. The smallest absolute Gasteiger partial charge is 0.212 e. The number of hydrogen-bond donors (Lipinski definition) is 0. The highest BCUT2D eigenvalue weighted by Crippen LogP contribution is 2.35. The lowest BCUT2D eigenvalue weighted by molar-refractivity contribution is 0.304. The van der Waals surface area contributed by atoms with Crippen LogP contribution in [-0.4, -0.2) is 19.6 Å². The maximum atomic E-state index is 14.3. The van der Waals surface area contributed by atoms with Crippen LogP contribution in [0.5, 0.6) is 5.75 Å². The van der Waals surface area contributed by atoms with Crippen LogP contribution in [0.3, 0.4) is 0 Å². The second kappa shape index (κ2) is 8.30. The van der Waals surface area contributed by atoms with Gasteiger partial charge in [-0.05, 0) is 13.0 Å². The van der Waals surface area contributed by atoms with E-state index in [-0.39, 0.29) is 6.61 Å². The first kappa shape index (κ1) is 20.9. The number of alkyl halides is 1. The molecule has 0 amide bonds. The van der Waals surface area contributed by atoms with Crippen molar-refractivity contribution in [1.82, 2.24) is 19.6 Å². The molecule has 0 aliphatic rings. The van der Waals surface area contributed by atoms with Crippen LogP contribution < -0.4 is 4.74 Å². The minimum Gasteiger partial charge on any atom is -0.486 e. The molecule has 1 atom stereocenters. The summed E-state index contributed by atoms with van der Waals surface area (Å²) in [4.78, 5) is 9.64. The van der Waals surface area contributed by atoms with Crippen molar-refractivity contribution in [3.8, 4) is 27.8 Å². The molecule has 34 heavy (non-hydrogen) atoms. The molecule has 0 radical (unpaired) electrons.